The number of likely N-dealkylation sites (N-methyl/N-ethyl adjacent to an activating group) is 2. The Labute approximate surface area is 132 Å². The van der Waals surface area contributed by atoms with Gasteiger partial charge in [-0.25, -0.2) is 8.42 Å². The van der Waals surface area contributed by atoms with Crippen LogP contribution in [0.15, 0.2) is 27.6 Å². The Morgan fingerprint density at radius 3 is 2.55 bits per heavy atom. The van der Waals surface area contributed by atoms with Crippen molar-refractivity contribution in [2.45, 2.75) is 18.7 Å². The highest BCUT2D eigenvalue weighted by molar-refractivity contribution is 9.10. The van der Waals surface area contributed by atoms with Gasteiger partial charge in [0.1, 0.15) is 4.90 Å². The van der Waals surface area contributed by atoms with Gasteiger partial charge in [0.05, 0.1) is 11.6 Å². The fourth-order valence-corrected chi connectivity index (χ4v) is 4.02. The topological polar surface area (TPSA) is 66.5 Å². The summed E-state index contributed by atoms with van der Waals surface area (Å²) in [5.74, 6) is -0.342. The van der Waals surface area contributed by atoms with Crippen molar-refractivity contribution in [2.75, 3.05) is 19.6 Å². The molecule has 1 aromatic rings. The summed E-state index contributed by atoms with van der Waals surface area (Å²) in [6.45, 7) is 3.86. The molecule has 0 unspecified atom stereocenters. The third kappa shape index (κ3) is 4.18. The van der Waals surface area contributed by atoms with Crippen molar-refractivity contribution in [3.05, 3.63) is 27.7 Å². The van der Waals surface area contributed by atoms with Crippen LogP contribution in [0.3, 0.4) is 0 Å². The Morgan fingerprint density at radius 2 is 2.05 bits per heavy atom. The molecule has 112 valence electrons. The van der Waals surface area contributed by atoms with Crippen LogP contribution < -0.4 is 5.32 Å². The first-order chi connectivity index (χ1) is 9.32. The van der Waals surface area contributed by atoms with Gasteiger partial charge >= 0.3 is 0 Å². The number of carbonyl (C=O) groups excluding carboxylic acids is 1. The third-order valence-corrected chi connectivity index (χ3v) is 5.46. The summed E-state index contributed by atoms with van der Waals surface area (Å²) in [5.41, 5.74) is 0. The summed E-state index contributed by atoms with van der Waals surface area (Å²) in [7, 11) is -3.79. The normalized spacial score (nSPS) is 11.7. The summed E-state index contributed by atoms with van der Waals surface area (Å²) in [4.78, 5) is 11.6. The molecule has 0 fully saturated rings. The molecule has 20 heavy (non-hydrogen) atoms. The largest absolute Gasteiger partial charge is 0.355 e. The Kier molecular flexibility index (Phi) is 6.44. The van der Waals surface area contributed by atoms with E-state index in [-0.39, 0.29) is 28.9 Å². The van der Waals surface area contributed by atoms with Gasteiger partial charge in [-0.3, -0.25) is 4.79 Å². The van der Waals surface area contributed by atoms with Crippen molar-refractivity contribution in [3.63, 3.8) is 0 Å². The van der Waals surface area contributed by atoms with Crippen LogP contribution >= 0.6 is 27.5 Å². The number of rotatable bonds is 6. The Morgan fingerprint density at radius 1 is 1.40 bits per heavy atom. The second-order valence-electron chi connectivity index (χ2n) is 3.96. The number of benzene rings is 1. The fourth-order valence-electron chi connectivity index (χ4n) is 1.60. The fraction of sp³-hybridized carbons (Fsp3) is 0.417. The summed E-state index contributed by atoms with van der Waals surface area (Å²) in [6, 6.07) is 4.52. The molecule has 1 amide bonds. The molecule has 1 aromatic carbocycles. The third-order valence-electron chi connectivity index (χ3n) is 2.56. The number of hydrogen-bond donors (Lipinski definition) is 1. The van der Waals surface area contributed by atoms with E-state index in [0.717, 1.165) is 4.31 Å². The number of carbonyl (C=O) groups is 1. The highest BCUT2D eigenvalue weighted by Crippen LogP contribution is 2.27. The van der Waals surface area contributed by atoms with Gasteiger partial charge in [-0.2, -0.15) is 4.31 Å². The van der Waals surface area contributed by atoms with Crippen LogP contribution in [0.25, 0.3) is 0 Å². The summed E-state index contributed by atoms with van der Waals surface area (Å²) >= 11 is 9.20. The predicted octanol–water partition coefficient (Wildman–Crippen LogP) is 2.25. The van der Waals surface area contributed by atoms with Gasteiger partial charge in [0, 0.05) is 17.6 Å². The minimum atomic E-state index is -3.79. The zero-order valence-corrected chi connectivity index (χ0v) is 14.3. The zero-order chi connectivity index (χ0) is 15.3. The van der Waals surface area contributed by atoms with Gasteiger partial charge in [-0.15, -0.1) is 0 Å². The van der Waals surface area contributed by atoms with E-state index in [1.54, 1.807) is 19.9 Å². The molecular formula is C12H16BrClN2O3S. The molecule has 5 nitrogen and oxygen atoms in total. The summed E-state index contributed by atoms with van der Waals surface area (Å²) < 4.78 is 26.7. The average Bonchev–Trinajstić information content (AvgIpc) is 2.35. The minimum absolute atomic E-state index is 0.00600. The lowest BCUT2D eigenvalue weighted by Crippen LogP contribution is -2.40. The van der Waals surface area contributed by atoms with E-state index in [1.807, 2.05) is 0 Å². The van der Waals surface area contributed by atoms with Crippen LogP contribution in [0.4, 0.5) is 0 Å². The molecule has 0 aliphatic heterocycles. The van der Waals surface area contributed by atoms with E-state index in [4.69, 9.17) is 11.6 Å². The predicted molar refractivity (Wildman–Crippen MR) is 82.3 cm³/mol. The molecule has 1 N–H and O–H groups in total. The highest BCUT2D eigenvalue weighted by atomic mass is 79.9. The first-order valence-electron chi connectivity index (χ1n) is 6.04. The smallest absolute Gasteiger partial charge is 0.245 e. The maximum atomic E-state index is 12.5. The molecule has 0 saturated heterocycles. The molecular weight excluding hydrogens is 368 g/mol. The first-order valence-corrected chi connectivity index (χ1v) is 8.65. The quantitative estimate of drug-likeness (QED) is 0.819. The van der Waals surface area contributed by atoms with Crippen molar-refractivity contribution < 1.29 is 13.2 Å². The molecule has 0 radical (unpaired) electrons. The lowest BCUT2D eigenvalue weighted by molar-refractivity contribution is -0.121. The van der Waals surface area contributed by atoms with Gasteiger partial charge in [-0.05, 0) is 25.1 Å². The van der Waals surface area contributed by atoms with Gasteiger partial charge in [0.15, 0.2) is 0 Å². The SMILES string of the molecule is CCNC(=O)CN(CC)S(=O)(=O)c1ccc(Br)cc1Cl. The standard InChI is InChI=1S/C12H16BrClN2O3S/c1-3-15-12(17)8-16(4-2)20(18,19)11-6-5-9(13)7-10(11)14/h5-7H,3-4,8H2,1-2H3,(H,15,17). The highest BCUT2D eigenvalue weighted by Gasteiger charge is 2.27. The van der Waals surface area contributed by atoms with Crippen LogP contribution in [0, 0.1) is 0 Å². The van der Waals surface area contributed by atoms with Gasteiger partial charge in [-0.1, -0.05) is 34.5 Å². The van der Waals surface area contributed by atoms with E-state index >= 15 is 0 Å². The van der Waals surface area contributed by atoms with Crippen LogP contribution in [0.1, 0.15) is 13.8 Å². The van der Waals surface area contributed by atoms with E-state index in [0.29, 0.717) is 11.0 Å². The van der Waals surface area contributed by atoms with E-state index < -0.39 is 10.0 Å². The number of nitrogens with one attached hydrogen (secondary N) is 1. The molecule has 8 heteroatoms. The molecule has 0 bridgehead atoms. The van der Waals surface area contributed by atoms with Gasteiger partial charge < -0.3 is 5.32 Å². The Bertz CT molecular complexity index is 592. The number of amides is 1. The van der Waals surface area contributed by atoms with E-state index in [9.17, 15) is 13.2 Å². The van der Waals surface area contributed by atoms with Crippen LogP contribution in [0.5, 0.6) is 0 Å². The molecule has 0 aliphatic carbocycles. The second kappa shape index (κ2) is 7.40. The maximum absolute atomic E-state index is 12.5. The van der Waals surface area contributed by atoms with E-state index in [2.05, 4.69) is 21.2 Å². The van der Waals surface area contributed by atoms with Crippen molar-refractivity contribution in [1.29, 1.82) is 0 Å². The Hall–Kier alpha value is -0.630. The van der Waals surface area contributed by atoms with Crippen LogP contribution in [-0.2, 0) is 14.8 Å². The van der Waals surface area contributed by atoms with Gasteiger partial charge in [0.25, 0.3) is 0 Å². The lowest BCUT2D eigenvalue weighted by atomic mass is 10.4. The number of halogens is 2. The molecule has 0 heterocycles. The van der Waals surface area contributed by atoms with Crippen LogP contribution in [0.2, 0.25) is 5.02 Å². The zero-order valence-electron chi connectivity index (χ0n) is 11.2. The summed E-state index contributed by atoms with van der Waals surface area (Å²) in [6.07, 6.45) is 0. The second-order valence-corrected chi connectivity index (χ2v) is 7.19. The van der Waals surface area contributed by atoms with Crippen molar-refractivity contribution in [3.8, 4) is 0 Å². The number of sulfonamides is 1. The number of hydrogen-bond acceptors (Lipinski definition) is 3. The van der Waals surface area contributed by atoms with E-state index in [1.165, 1.54) is 12.1 Å². The molecule has 0 aromatic heterocycles. The molecule has 1 rings (SSSR count). The van der Waals surface area contributed by atoms with Gasteiger partial charge in [0.2, 0.25) is 15.9 Å². The minimum Gasteiger partial charge on any atom is -0.355 e. The Balaban J connectivity index is 3.09. The summed E-state index contributed by atoms with van der Waals surface area (Å²) in [5, 5.41) is 2.69. The molecule has 0 atom stereocenters. The van der Waals surface area contributed by atoms with Crippen molar-refractivity contribution in [2.24, 2.45) is 0 Å². The van der Waals surface area contributed by atoms with Crippen molar-refractivity contribution in [1.82, 2.24) is 9.62 Å². The monoisotopic (exact) mass is 382 g/mol. The molecule has 0 aliphatic rings. The lowest BCUT2D eigenvalue weighted by Gasteiger charge is -2.20. The van der Waals surface area contributed by atoms with Crippen molar-refractivity contribution >= 4 is 43.5 Å². The average molecular weight is 384 g/mol. The van der Waals surface area contributed by atoms with Crippen LogP contribution in [-0.4, -0.2) is 38.3 Å². The maximum Gasteiger partial charge on any atom is 0.245 e. The number of nitrogens with zero attached hydrogens (tertiary/aromatic N) is 1. The first kappa shape index (κ1) is 17.4. The molecule has 0 saturated carbocycles. The molecule has 0 spiro atoms.